The summed E-state index contributed by atoms with van der Waals surface area (Å²) in [5.74, 6) is -0.697. The van der Waals surface area contributed by atoms with Crippen molar-refractivity contribution in [3.8, 4) is 6.07 Å². The van der Waals surface area contributed by atoms with Crippen molar-refractivity contribution in [1.29, 1.82) is 5.26 Å². The van der Waals surface area contributed by atoms with Gasteiger partial charge in [0.1, 0.15) is 5.82 Å². The molecular formula is C9H5FN2O2. The van der Waals surface area contributed by atoms with E-state index in [1.807, 2.05) is 0 Å². The minimum Gasteiger partial charge on any atom is -0.258 e. The highest BCUT2D eigenvalue weighted by molar-refractivity contribution is 5.55. The second kappa shape index (κ2) is 4.14. The average Bonchev–Trinajstić information content (AvgIpc) is 2.14. The summed E-state index contributed by atoms with van der Waals surface area (Å²) in [4.78, 5) is 9.64. The van der Waals surface area contributed by atoms with E-state index in [0.717, 1.165) is 18.2 Å². The molecule has 0 bridgehead atoms. The van der Waals surface area contributed by atoms with Gasteiger partial charge >= 0.3 is 0 Å². The number of nitriles is 1. The zero-order chi connectivity index (χ0) is 10.6. The average molecular weight is 192 g/mol. The molecule has 0 fully saturated rings. The van der Waals surface area contributed by atoms with E-state index >= 15 is 0 Å². The van der Waals surface area contributed by atoms with Gasteiger partial charge in [-0.15, -0.1) is 0 Å². The van der Waals surface area contributed by atoms with E-state index in [2.05, 4.69) is 0 Å². The predicted octanol–water partition coefficient (Wildman–Crippen LogP) is 2.27. The van der Waals surface area contributed by atoms with E-state index in [0.29, 0.717) is 5.56 Å². The molecule has 70 valence electrons. The van der Waals surface area contributed by atoms with Crippen LogP contribution in [0.25, 0.3) is 6.08 Å². The van der Waals surface area contributed by atoms with Gasteiger partial charge in [0.05, 0.1) is 17.1 Å². The van der Waals surface area contributed by atoms with Crippen molar-refractivity contribution >= 4 is 11.8 Å². The maximum Gasteiger partial charge on any atom is 0.272 e. The molecule has 0 atom stereocenters. The molecule has 0 aromatic heterocycles. The molecule has 0 saturated heterocycles. The Morgan fingerprint density at radius 2 is 2.21 bits per heavy atom. The Balaban J connectivity index is 3.15. The molecule has 14 heavy (non-hydrogen) atoms. The summed E-state index contributed by atoms with van der Waals surface area (Å²) in [5.41, 5.74) is -0.0409. The Bertz CT molecular complexity index is 435. The first-order valence-corrected chi connectivity index (χ1v) is 3.64. The fraction of sp³-hybridized carbons (Fsp3) is 0. The van der Waals surface area contributed by atoms with Crippen LogP contribution in [0.4, 0.5) is 10.1 Å². The highest BCUT2D eigenvalue weighted by Gasteiger charge is 2.07. The molecule has 1 aromatic rings. The summed E-state index contributed by atoms with van der Waals surface area (Å²) in [6.45, 7) is 0. The van der Waals surface area contributed by atoms with E-state index in [1.165, 1.54) is 12.1 Å². The van der Waals surface area contributed by atoms with Crippen molar-refractivity contribution in [2.75, 3.05) is 0 Å². The standard InChI is InChI=1S/C9H5FN2O2/c10-8-4-7(2-1-3-11)5-9(6-8)12(13)14/h1-2,4-6H. The van der Waals surface area contributed by atoms with Crippen LogP contribution in [0.1, 0.15) is 5.56 Å². The highest BCUT2D eigenvalue weighted by Crippen LogP contribution is 2.16. The van der Waals surface area contributed by atoms with Crippen LogP contribution in [0.5, 0.6) is 0 Å². The van der Waals surface area contributed by atoms with Gasteiger partial charge in [-0.25, -0.2) is 4.39 Å². The first-order chi connectivity index (χ1) is 6.63. The van der Waals surface area contributed by atoms with E-state index in [1.54, 1.807) is 6.07 Å². The number of hydrogen-bond donors (Lipinski definition) is 0. The van der Waals surface area contributed by atoms with Gasteiger partial charge < -0.3 is 0 Å². The lowest BCUT2D eigenvalue weighted by atomic mass is 10.2. The summed E-state index contributed by atoms with van der Waals surface area (Å²) >= 11 is 0. The van der Waals surface area contributed by atoms with E-state index in [-0.39, 0.29) is 5.69 Å². The van der Waals surface area contributed by atoms with Gasteiger partial charge in [0.2, 0.25) is 0 Å². The SMILES string of the molecule is N#CC=Cc1cc(F)cc([N+](=O)[O-])c1. The minimum atomic E-state index is -0.697. The van der Waals surface area contributed by atoms with E-state index in [4.69, 9.17) is 5.26 Å². The van der Waals surface area contributed by atoms with Crippen LogP contribution < -0.4 is 0 Å². The minimum absolute atomic E-state index is 0.290. The number of benzene rings is 1. The molecule has 0 heterocycles. The van der Waals surface area contributed by atoms with E-state index < -0.39 is 10.7 Å². The second-order valence-electron chi connectivity index (χ2n) is 2.46. The number of nitrogens with zero attached hydrogens (tertiary/aromatic N) is 2. The summed E-state index contributed by atoms with van der Waals surface area (Å²) in [7, 11) is 0. The fourth-order valence-corrected chi connectivity index (χ4v) is 0.931. The maximum absolute atomic E-state index is 12.8. The number of nitro groups is 1. The zero-order valence-corrected chi connectivity index (χ0v) is 6.98. The quantitative estimate of drug-likeness (QED) is 0.410. The fourth-order valence-electron chi connectivity index (χ4n) is 0.931. The molecule has 0 N–H and O–H groups in total. The number of nitro benzene ring substituents is 1. The van der Waals surface area contributed by atoms with Crippen LogP contribution in [0.15, 0.2) is 24.3 Å². The van der Waals surface area contributed by atoms with Crippen LogP contribution in [0.2, 0.25) is 0 Å². The number of non-ortho nitro benzene ring substituents is 1. The van der Waals surface area contributed by atoms with Crippen LogP contribution in [0, 0.1) is 27.3 Å². The van der Waals surface area contributed by atoms with Crippen molar-refractivity contribution in [3.63, 3.8) is 0 Å². The van der Waals surface area contributed by atoms with Gasteiger partial charge in [-0.3, -0.25) is 10.1 Å². The third-order valence-corrected chi connectivity index (χ3v) is 1.47. The normalized spacial score (nSPS) is 10.0. The summed E-state index contributed by atoms with van der Waals surface area (Å²) in [6, 6.07) is 4.84. The van der Waals surface area contributed by atoms with Gasteiger partial charge in [0, 0.05) is 12.1 Å². The topological polar surface area (TPSA) is 66.9 Å². The van der Waals surface area contributed by atoms with Crippen molar-refractivity contribution in [1.82, 2.24) is 0 Å². The van der Waals surface area contributed by atoms with Crippen molar-refractivity contribution in [3.05, 3.63) is 45.8 Å². The number of halogens is 1. The lowest BCUT2D eigenvalue weighted by Crippen LogP contribution is -1.89. The molecule has 0 aliphatic carbocycles. The van der Waals surface area contributed by atoms with Gasteiger partial charge in [-0.05, 0) is 17.7 Å². The Hall–Kier alpha value is -2.22. The molecule has 0 aliphatic heterocycles. The molecular weight excluding hydrogens is 187 g/mol. The molecule has 5 heteroatoms. The molecule has 0 spiro atoms. The molecule has 0 aliphatic rings. The first-order valence-electron chi connectivity index (χ1n) is 3.64. The van der Waals surface area contributed by atoms with Gasteiger partial charge in [-0.1, -0.05) is 0 Å². The summed E-state index contributed by atoms with van der Waals surface area (Å²) < 4.78 is 12.8. The third-order valence-electron chi connectivity index (χ3n) is 1.47. The van der Waals surface area contributed by atoms with Crippen molar-refractivity contribution in [2.45, 2.75) is 0 Å². The lowest BCUT2D eigenvalue weighted by molar-refractivity contribution is -0.385. The Labute approximate surface area is 79.0 Å². The monoisotopic (exact) mass is 192 g/mol. The third kappa shape index (κ3) is 2.38. The maximum atomic E-state index is 12.8. The summed E-state index contributed by atoms with van der Waals surface area (Å²) in [5, 5.41) is 18.5. The molecule has 1 rings (SSSR count). The zero-order valence-electron chi connectivity index (χ0n) is 6.98. The Morgan fingerprint density at radius 1 is 1.50 bits per heavy atom. The van der Waals surface area contributed by atoms with Gasteiger partial charge in [0.15, 0.2) is 0 Å². The molecule has 4 nitrogen and oxygen atoms in total. The van der Waals surface area contributed by atoms with Crippen LogP contribution in [-0.2, 0) is 0 Å². The molecule has 0 amide bonds. The van der Waals surface area contributed by atoms with Crippen molar-refractivity contribution < 1.29 is 9.31 Å². The number of hydrogen-bond acceptors (Lipinski definition) is 3. The largest absolute Gasteiger partial charge is 0.272 e. The highest BCUT2D eigenvalue weighted by atomic mass is 19.1. The lowest BCUT2D eigenvalue weighted by Gasteiger charge is -1.94. The number of rotatable bonds is 2. The predicted molar refractivity (Wildman–Crippen MR) is 47.7 cm³/mol. The number of allylic oxidation sites excluding steroid dienone is 1. The van der Waals surface area contributed by atoms with Crippen LogP contribution in [0.3, 0.4) is 0 Å². The molecule has 1 aromatic carbocycles. The summed E-state index contributed by atoms with van der Waals surface area (Å²) in [6.07, 6.45) is 2.43. The van der Waals surface area contributed by atoms with Crippen LogP contribution in [-0.4, -0.2) is 4.92 Å². The first kappa shape index (κ1) is 9.86. The smallest absolute Gasteiger partial charge is 0.258 e. The van der Waals surface area contributed by atoms with Gasteiger partial charge in [-0.2, -0.15) is 5.26 Å². The molecule has 0 radical (unpaired) electrons. The molecule has 0 unspecified atom stereocenters. The van der Waals surface area contributed by atoms with Crippen molar-refractivity contribution in [2.24, 2.45) is 0 Å². The molecule has 0 saturated carbocycles. The van der Waals surface area contributed by atoms with E-state index in [9.17, 15) is 14.5 Å². The van der Waals surface area contributed by atoms with Crippen LogP contribution >= 0.6 is 0 Å². The Kier molecular flexibility index (Phi) is 2.92. The Morgan fingerprint density at radius 3 is 2.79 bits per heavy atom. The van der Waals surface area contributed by atoms with Gasteiger partial charge in [0.25, 0.3) is 5.69 Å². The second-order valence-corrected chi connectivity index (χ2v) is 2.46.